The van der Waals surface area contributed by atoms with E-state index in [0.29, 0.717) is 6.04 Å². The molecule has 104 valence electrons. The van der Waals surface area contributed by atoms with E-state index < -0.39 is 0 Å². The van der Waals surface area contributed by atoms with Gasteiger partial charge in [-0.05, 0) is 37.5 Å². The number of nitrogens with zero attached hydrogens (tertiary/aromatic N) is 1. The van der Waals surface area contributed by atoms with Gasteiger partial charge in [-0.15, -0.1) is 11.3 Å². The van der Waals surface area contributed by atoms with Crippen LogP contribution in [0.3, 0.4) is 0 Å². The van der Waals surface area contributed by atoms with Gasteiger partial charge in [0.25, 0.3) is 0 Å². The van der Waals surface area contributed by atoms with Crippen molar-refractivity contribution in [3.05, 3.63) is 35.2 Å². The normalized spacial score (nSPS) is 13.3. The minimum absolute atomic E-state index is 0.438. The molecule has 0 aliphatic carbocycles. The number of hydrogen-bond donors (Lipinski definition) is 1. The lowest BCUT2D eigenvalue weighted by Gasteiger charge is -2.19. The van der Waals surface area contributed by atoms with Crippen LogP contribution in [-0.4, -0.2) is 31.1 Å². The first-order valence-electron chi connectivity index (χ1n) is 7.18. The molecule has 0 spiro atoms. The second-order valence-electron chi connectivity index (χ2n) is 4.89. The third kappa shape index (κ3) is 3.78. The van der Waals surface area contributed by atoms with Gasteiger partial charge in [0.2, 0.25) is 0 Å². The van der Waals surface area contributed by atoms with E-state index in [1.54, 1.807) is 0 Å². The molecule has 1 aromatic heterocycles. The minimum atomic E-state index is 0.438. The van der Waals surface area contributed by atoms with Gasteiger partial charge >= 0.3 is 0 Å². The molecule has 2 aromatic rings. The van der Waals surface area contributed by atoms with Crippen molar-refractivity contribution in [2.75, 3.05) is 26.2 Å². The summed E-state index contributed by atoms with van der Waals surface area (Å²) in [5.41, 5.74) is 0. The molecule has 0 aliphatic heterocycles. The van der Waals surface area contributed by atoms with E-state index in [-0.39, 0.29) is 0 Å². The molecule has 1 unspecified atom stereocenters. The molecule has 0 saturated carbocycles. The van der Waals surface area contributed by atoms with Crippen molar-refractivity contribution in [1.29, 1.82) is 0 Å². The molecule has 0 amide bonds. The van der Waals surface area contributed by atoms with Crippen LogP contribution in [0.2, 0.25) is 0 Å². The maximum atomic E-state index is 3.63. The molecule has 2 nitrogen and oxygen atoms in total. The van der Waals surface area contributed by atoms with Gasteiger partial charge in [-0.1, -0.05) is 32.0 Å². The molecular weight excluding hydrogens is 252 g/mol. The Morgan fingerprint density at radius 2 is 1.95 bits per heavy atom. The molecule has 0 bridgehead atoms. The molecule has 1 atom stereocenters. The van der Waals surface area contributed by atoms with Crippen molar-refractivity contribution in [2.45, 2.75) is 26.8 Å². The summed E-state index contributed by atoms with van der Waals surface area (Å²) in [6.07, 6.45) is 0. The Bertz CT molecular complexity index is 469. The number of likely N-dealkylation sites (N-methyl/N-ethyl adjacent to an activating group) is 1. The summed E-state index contributed by atoms with van der Waals surface area (Å²) in [5.74, 6) is 0. The number of hydrogen-bond acceptors (Lipinski definition) is 3. The molecule has 0 saturated heterocycles. The van der Waals surface area contributed by atoms with Crippen LogP contribution in [0.1, 0.15) is 31.7 Å². The first-order valence-corrected chi connectivity index (χ1v) is 8.00. The van der Waals surface area contributed by atoms with Gasteiger partial charge in [0, 0.05) is 28.7 Å². The molecule has 0 fully saturated rings. The maximum absolute atomic E-state index is 3.63. The van der Waals surface area contributed by atoms with Crippen molar-refractivity contribution < 1.29 is 0 Å². The molecule has 3 heteroatoms. The lowest BCUT2D eigenvalue weighted by atomic mass is 10.2. The monoisotopic (exact) mass is 276 g/mol. The van der Waals surface area contributed by atoms with E-state index in [4.69, 9.17) is 0 Å². The van der Waals surface area contributed by atoms with Gasteiger partial charge in [0.1, 0.15) is 0 Å². The van der Waals surface area contributed by atoms with E-state index in [1.165, 1.54) is 15.0 Å². The topological polar surface area (TPSA) is 15.3 Å². The van der Waals surface area contributed by atoms with E-state index >= 15 is 0 Å². The van der Waals surface area contributed by atoms with Crippen LogP contribution in [0, 0.1) is 0 Å². The number of fused-ring (bicyclic) bond motifs is 1. The van der Waals surface area contributed by atoms with Crippen LogP contribution in [0.25, 0.3) is 10.1 Å². The van der Waals surface area contributed by atoms with Crippen LogP contribution in [0.15, 0.2) is 30.3 Å². The SMILES string of the molecule is CCN(CC)CCNC(C)c1cc2ccccc2s1. The van der Waals surface area contributed by atoms with Gasteiger partial charge < -0.3 is 10.2 Å². The van der Waals surface area contributed by atoms with E-state index in [2.05, 4.69) is 61.3 Å². The van der Waals surface area contributed by atoms with Crippen LogP contribution in [0.4, 0.5) is 0 Å². The van der Waals surface area contributed by atoms with Crippen LogP contribution < -0.4 is 5.32 Å². The Balaban J connectivity index is 1.90. The van der Waals surface area contributed by atoms with Crippen molar-refractivity contribution >= 4 is 21.4 Å². The van der Waals surface area contributed by atoms with Gasteiger partial charge in [-0.2, -0.15) is 0 Å². The van der Waals surface area contributed by atoms with Gasteiger partial charge in [-0.3, -0.25) is 0 Å². The first-order chi connectivity index (χ1) is 9.24. The molecule has 1 N–H and O–H groups in total. The molecule has 19 heavy (non-hydrogen) atoms. The summed E-state index contributed by atoms with van der Waals surface area (Å²) in [5, 5.41) is 4.99. The third-order valence-corrected chi connectivity index (χ3v) is 4.94. The average Bonchev–Trinajstić information content (AvgIpc) is 2.87. The fourth-order valence-electron chi connectivity index (χ4n) is 2.30. The van der Waals surface area contributed by atoms with E-state index in [9.17, 15) is 0 Å². The Morgan fingerprint density at radius 1 is 1.21 bits per heavy atom. The molecule has 0 radical (unpaired) electrons. The quantitative estimate of drug-likeness (QED) is 0.825. The molecule has 0 aliphatic rings. The predicted octanol–water partition coefficient (Wildman–Crippen LogP) is 3.89. The van der Waals surface area contributed by atoms with Crippen LogP contribution in [0.5, 0.6) is 0 Å². The van der Waals surface area contributed by atoms with Crippen molar-refractivity contribution in [3.63, 3.8) is 0 Å². The largest absolute Gasteiger partial charge is 0.308 e. The zero-order chi connectivity index (χ0) is 13.7. The number of nitrogens with one attached hydrogen (secondary N) is 1. The summed E-state index contributed by atoms with van der Waals surface area (Å²) >= 11 is 1.90. The lowest BCUT2D eigenvalue weighted by molar-refractivity contribution is 0.298. The second-order valence-corrected chi connectivity index (χ2v) is 6.00. The van der Waals surface area contributed by atoms with Crippen molar-refractivity contribution in [1.82, 2.24) is 10.2 Å². The van der Waals surface area contributed by atoms with Gasteiger partial charge in [0.15, 0.2) is 0 Å². The number of benzene rings is 1. The molecule has 1 aromatic carbocycles. The Morgan fingerprint density at radius 3 is 2.63 bits per heavy atom. The zero-order valence-corrected chi connectivity index (χ0v) is 13.0. The summed E-state index contributed by atoms with van der Waals surface area (Å²) < 4.78 is 1.38. The highest BCUT2D eigenvalue weighted by molar-refractivity contribution is 7.19. The molecule has 1 heterocycles. The van der Waals surface area contributed by atoms with Crippen LogP contribution >= 0.6 is 11.3 Å². The molecular formula is C16H24N2S. The minimum Gasteiger partial charge on any atom is -0.308 e. The molecule has 2 rings (SSSR count). The van der Waals surface area contributed by atoms with Gasteiger partial charge in [-0.25, -0.2) is 0 Å². The summed E-state index contributed by atoms with van der Waals surface area (Å²) in [6, 6.07) is 11.4. The zero-order valence-electron chi connectivity index (χ0n) is 12.1. The summed E-state index contributed by atoms with van der Waals surface area (Å²) in [6.45, 7) is 11.1. The fourth-order valence-corrected chi connectivity index (χ4v) is 3.39. The number of rotatable bonds is 7. The second kappa shape index (κ2) is 7.04. The van der Waals surface area contributed by atoms with E-state index in [1.807, 2.05) is 11.3 Å². The standard InChI is InChI=1S/C16H24N2S/c1-4-18(5-2)11-10-17-13(3)16-12-14-8-6-7-9-15(14)19-16/h6-9,12-13,17H,4-5,10-11H2,1-3H3. The third-order valence-electron chi connectivity index (χ3n) is 3.64. The average molecular weight is 276 g/mol. The summed E-state index contributed by atoms with van der Waals surface area (Å²) in [4.78, 5) is 3.88. The van der Waals surface area contributed by atoms with Gasteiger partial charge in [0.05, 0.1) is 0 Å². The van der Waals surface area contributed by atoms with Crippen molar-refractivity contribution in [3.8, 4) is 0 Å². The smallest absolute Gasteiger partial charge is 0.0386 e. The fraction of sp³-hybridized carbons (Fsp3) is 0.500. The van der Waals surface area contributed by atoms with Crippen LogP contribution in [-0.2, 0) is 0 Å². The van der Waals surface area contributed by atoms with Crippen molar-refractivity contribution in [2.24, 2.45) is 0 Å². The lowest BCUT2D eigenvalue weighted by Crippen LogP contribution is -2.32. The number of thiophene rings is 1. The first kappa shape index (κ1) is 14.5. The predicted molar refractivity (Wildman–Crippen MR) is 86.0 cm³/mol. The highest BCUT2D eigenvalue weighted by Gasteiger charge is 2.09. The van der Waals surface area contributed by atoms with E-state index in [0.717, 1.165) is 26.2 Å². The Labute approximate surface area is 120 Å². The Kier molecular flexibility index (Phi) is 5.37. The highest BCUT2D eigenvalue weighted by atomic mass is 32.1. The maximum Gasteiger partial charge on any atom is 0.0386 e. The summed E-state index contributed by atoms with van der Waals surface area (Å²) in [7, 11) is 0. The highest BCUT2D eigenvalue weighted by Crippen LogP contribution is 2.29. The Hall–Kier alpha value is -0.900.